The largest absolute Gasteiger partial charge is 0.352 e. The Morgan fingerprint density at radius 1 is 0.875 bits per heavy atom. The van der Waals surface area contributed by atoms with Crippen LogP contribution in [0.2, 0.25) is 10.0 Å². The summed E-state index contributed by atoms with van der Waals surface area (Å²) in [5, 5.41) is 3.91. The van der Waals surface area contributed by atoms with Crippen molar-refractivity contribution in [3.8, 4) is 0 Å². The SMILES string of the molecule is CC[C@H](C)NC(=O)[C@H](CC)N(Cc1ccc(Cl)cc1)C(=O)CN(c1ccccc1C)S(=O)(=O)c1ccc(Cl)cc1. The average molecular weight is 605 g/mol. The van der Waals surface area contributed by atoms with Crippen LogP contribution < -0.4 is 9.62 Å². The highest BCUT2D eigenvalue weighted by Crippen LogP contribution is 2.28. The Labute approximate surface area is 247 Å². The van der Waals surface area contributed by atoms with Crippen LogP contribution in [-0.2, 0) is 26.2 Å². The number of halogens is 2. The number of carbonyl (C=O) groups is 2. The zero-order valence-corrected chi connectivity index (χ0v) is 25.4. The van der Waals surface area contributed by atoms with Crippen molar-refractivity contribution in [3.63, 3.8) is 0 Å². The fraction of sp³-hybridized carbons (Fsp3) is 0.333. The van der Waals surface area contributed by atoms with Gasteiger partial charge in [0.15, 0.2) is 0 Å². The number of para-hydroxylation sites is 1. The van der Waals surface area contributed by atoms with Gasteiger partial charge in [-0.05, 0) is 80.3 Å². The van der Waals surface area contributed by atoms with Gasteiger partial charge in [0.1, 0.15) is 12.6 Å². The van der Waals surface area contributed by atoms with E-state index in [0.29, 0.717) is 27.7 Å². The number of amides is 2. The van der Waals surface area contributed by atoms with Gasteiger partial charge in [-0.2, -0.15) is 0 Å². The summed E-state index contributed by atoms with van der Waals surface area (Å²) >= 11 is 12.1. The maximum Gasteiger partial charge on any atom is 0.264 e. The van der Waals surface area contributed by atoms with E-state index in [1.165, 1.54) is 29.2 Å². The van der Waals surface area contributed by atoms with Crippen LogP contribution in [0.25, 0.3) is 0 Å². The fourth-order valence-corrected chi connectivity index (χ4v) is 5.97. The summed E-state index contributed by atoms with van der Waals surface area (Å²) in [5.41, 5.74) is 1.81. The molecule has 0 radical (unpaired) electrons. The van der Waals surface area contributed by atoms with Crippen LogP contribution in [0, 0.1) is 6.92 Å². The zero-order valence-electron chi connectivity index (χ0n) is 23.1. The summed E-state index contributed by atoms with van der Waals surface area (Å²) in [6.07, 6.45) is 1.07. The first-order valence-corrected chi connectivity index (χ1v) is 15.4. The minimum Gasteiger partial charge on any atom is -0.352 e. The second-order valence-corrected chi connectivity index (χ2v) is 12.4. The number of nitrogens with zero attached hydrogens (tertiary/aromatic N) is 2. The standard InChI is InChI=1S/C30H35Cl2N3O4S/c1-5-22(4)33-30(37)27(6-2)34(19-23-11-13-24(31)14-12-23)29(36)20-35(28-10-8-7-9-21(28)3)40(38,39)26-17-15-25(32)16-18-26/h7-18,22,27H,5-6,19-20H2,1-4H3,(H,33,37)/t22-,27-/m0/s1. The lowest BCUT2D eigenvalue weighted by molar-refractivity contribution is -0.140. The van der Waals surface area contributed by atoms with E-state index in [9.17, 15) is 18.0 Å². The number of hydrogen-bond donors (Lipinski definition) is 1. The molecule has 0 aliphatic heterocycles. The Morgan fingerprint density at radius 2 is 1.45 bits per heavy atom. The quantitative estimate of drug-likeness (QED) is 0.266. The van der Waals surface area contributed by atoms with Crippen molar-refractivity contribution in [1.29, 1.82) is 0 Å². The van der Waals surface area contributed by atoms with Gasteiger partial charge in [0, 0.05) is 22.6 Å². The van der Waals surface area contributed by atoms with Gasteiger partial charge in [0.25, 0.3) is 10.0 Å². The van der Waals surface area contributed by atoms with Crippen molar-refractivity contribution >= 4 is 50.7 Å². The van der Waals surface area contributed by atoms with Crippen molar-refractivity contribution < 1.29 is 18.0 Å². The lowest BCUT2D eigenvalue weighted by atomic mass is 10.1. The van der Waals surface area contributed by atoms with Crippen molar-refractivity contribution in [2.24, 2.45) is 0 Å². The van der Waals surface area contributed by atoms with E-state index in [-0.39, 0.29) is 23.4 Å². The molecule has 2 atom stereocenters. The molecule has 0 heterocycles. The topological polar surface area (TPSA) is 86.8 Å². The first-order chi connectivity index (χ1) is 19.0. The summed E-state index contributed by atoms with van der Waals surface area (Å²) in [4.78, 5) is 28.9. The number of nitrogens with one attached hydrogen (secondary N) is 1. The number of benzene rings is 3. The third-order valence-corrected chi connectivity index (χ3v) is 9.00. The monoisotopic (exact) mass is 603 g/mol. The van der Waals surface area contributed by atoms with Crippen LogP contribution in [0.15, 0.2) is 77.7 Å². The van der Waals surface area contributed by atoms with Gasteiger partial charge in [-0.1, -0.05) is 67.4 Å². The van der Waals surface area contributed by atoms with Gasteiger partial charge in [0.05, 0.1) is 10.6 Å². The van der Waals surface area contributed by atoms with Crippen LogP contribution in [0.5, 0.6) is 0 Å². The second kappa shape index (κ2) is 14.0. The summed E-state index contributed by atoms with van der Waals surface area (Å²) in [6.45, 7) is 7.07. The number of hydrogen-bond acceptors (Lipinski definition) is 4. The van der Waals surface area contributed by atoms with E-state index in [1.807, 2.05) is 20.8 Å². The van der Waals surface area contributed by atoms with Crippen molar-refractivity contribution in [1.82, 2.24) is 10.2 Å². The molecule has 3 aromatic rings. The molecule has 0 bridgehead atoms. The first-order valence-electron chi connectivity index (χ1n) is 13.2. The molecule has 0 spiro atoms. The summed E-state index contributed by atoms with van der Waals surface area (Å²) < 4.78 is 29.0. The van der Waals surface area contributed by atoms with E-state index in [1.54, 1.807) is 55.5 Å². The molecule has 10 heteroatoms. The van der Waals surface area contributed by atoms with Gasteiger partial charge in [-0.15, -0.1) is 0 Å². The number of carbonyl (C=O) groups excluding carboxylic acids is 2. The Bertz CT molecular complexity index is 1410. The van der Waals surface area contributed by atoms with Crippen molar-refractivity contribution in [2.75, 3.05) is 10.8 Å². The van der Waals surface area contributed by atoms with Crippen LogP contribution in [-0.4, -0.2) is 43.8 Å². The molecule has 1 N–H and O–H groups in total. The lowest BCUT2D eigenvalue weighted by Crippen LogP contribution is -2.53. The summed E-state index contributed by atoms with van der Waals surface area (Å²) in [6, 6.07) is 18.9. The Balaban J connectivity index is 2.06. The van der Waals surface area contributed by atoms with Crippen LogP contribution in [0.3, 0.4) is 0 Å². The Morgan fingerprint density at radius 3 is 2.00 bits per heavy atom. The van der Waals surface area contributed by atoms with E-state index in [4.69, 9.17) is 23.2 Å². The van der Waals surface area contributed by atoms with Gasteiger partial charge < -0.3 is 10.2 Å². The average Bonchev–Trinajstić information content (AvgIpc) is 2.93. The first kappa shape index (κ1) is 31.5. The van der Waals surface area contributed by atoms with E-state index in [0.717, 1.165) is 16.3 Å². The molecule has 3 aromatic carbocycles. The molecule has 3 rings (SSSR count). The lowest BCUT2D eigenvalue weighted by Gasteiger charge is -2.34. The molecule has 0 aliphatic carbocycles. The molecule has 0 aliphatic rings. The second-order valence-electron chi connectivity index (χ2n) is 9.64. The maximum atomic E-state index is 14.1. The molecule has 0 saturated carbocycles. The normalized spacial score (nSPS) is 12.8. The number of aryl methyl sites for hydroxylation is 1. The molecule has 0 saturated heterocycles. The third kappa shape index (κ3) is 7.77. The van der Waals surface area contributed by atoms with Crippen LogP contribution in [0.1, 0.15) is 44.7 Å². The zero-order chi connectivity index (χ0) is 29.4. The highest BCUT2D eigenvalue weighted by Gasteiger charge is 2.34. The summed E-state index contributed by atoms with van der Waals surface area (Å²) in [7, 11) is -4.17. The molecule has 40 heavy (non-hydrogen) atoms. The predicted molar refractivity (Wildman–Crippen MR) is 161 cm³/mol. The molecule has 2 amide bonds. The van der Waals surface area contributed by atoms with Crippen LogP contribution in [0.4, 0.5) is 5.69 Å². The van der Waals surface area contributed by atoms with E-state index < -0.39 is 28.5 Å². The molecule has 7 nitrogen and oxygen atoms in total. The van der Waals surface area contributed by atoms with Gasteiger partial charge >= 0.3 is 0 Å². The fourth-order valence-electron chi connectivity index (χ4n) is 4.24. The Kier molecular flexibility index (Phi) is 11.0. The number of anilines is 1. The van der Waals surface area contributed by atoms with Crippen molar-refractivity contribution in [3.05, 3.63) is 94.0 Å². The molecule has 0 unspecified atom stereocenters. The predicted octanol–water partition coefficient (Wildman–Crippen LogP) is 6.22. The maximum absolute atomic E-state index is 14.1. The van der Waals surface area contributed by atoms with E-state index in [2.05, 4.69) is 5.32 Å². The van der Waals surface area contributed by atoms with Gasteiger partial charge in [-0.3, -0.25) is 13.9 Å². The molecular formula is C30H35Cl2N3O4S. The highest BCUT2D eigenvalue weighted by molar-refractivity contribution is 7.92. The minimum atomic E-state index is -4.17. The Hall–Kier alpha value is -3.07. The molecule has 214 valence electrons. The summed E-state index contributed by atoms with van der Waals surface area (Å²) in [5.74, 6) is -0.802. The number of sulfonamides is 1. The third-order valence-electron chi connectivity index (χ3n) is 6.72. The minimum absolute atomic E-state index is 0.00115. The van der Waals surface area contributed by atoms with Gasteiger partial charge in [-0.25, -0.2) is 8.42 Å². The number of rotatable bonds is 12. The van der Waals surface area contributed by atoms with Crippen LogP contribution >= 0.6 is 23.2 Å². The van der Waals surface area contributed by atoms with Crippen molar-refractivity contribution in [2.45, 2.75) is 64.1 Å². The molecule has 0 aromatic heterocycles. The molecule has 0 fully saturated rings. The molecular weight excluding hydrogens is 569 g/mol. The highest BCUT2D eigenvalue weighted by atomic mass is 35.5. The smallest absolute Gasteiger partial charge is 0.264 e. The van der Waals surface area contributed by atoms with Gasteiger partial charge in [0.2, 0.25) is 11.8 Å². The van der Waals surface area contributed by atoms with E-state index >= 15 is 0 Å².